The van der Waals surface area contributed by atoms with Crippen molar-refractivity contribution in [3.8, 4) is 11.1 Å². The molecule has 0 saturated carbocycles. The highest BCUT2D eigenvalue weighted by Gasteiger charge is 2.25. The van der Waals surface area contributed by atoms with Gasteiger partial charge in [-0.3, -0.25) is 4.79 Å². The van der Waals surface area contributed by atoms with Crippen LogP contribution in [0.5, 0.6) is 0 Å². The Morgan fingerprint density at radius 2 is 1.50 bits per heavy atom. The number of rotatable bonds is 5. The third-order valence-electron chi connectivity index (χ3n) is 6.08. The van der Waals surface area contributed by atoms with Gasteiger partial charge in [-0.05, 0) is 60.0 Å². The Labute approximate surface area is 201 Å². The smallest absolute Gasteiger partial charge is 0.310 e. The van der Waals surface area contributed by atoms with E-state index in [4.69, 9.17) is 11.6 Å². The summed E-state index contributed by atoms with van der Waals surface area (Å²) in [5, 5.41) is 11.3. The fourth-order valence-corrected chi connectivity index (χ4v) is 5.89. The number of nitrogens with zero attached hydrogens (tertiary/aromatic N) is 1. The first-order valence-corrected chi connectivity index (χ1v) is 12.5. The molecule has 0 aliphatic heterocycles. The van der Waals surface area contributed by atoms with Gasteiger partial charge in [-0.15, -0.1) is 0 Å². The van der Waals surface area contributed by atoms with Gasteiger partial charge in [0.25, 0.3) is 10.0 Å². The van der Waals surface area contributed by atoms with Crippen LogP contribution >= 0.6 is 11.6 Å². The quantitative estimate of drug-likeness (QED) is 0.304. The molecule has 1 unspecified atom stereocenters. The molecule has 1 heterocycles. The number of hydrogen-bond donors (Lipinski definition) is 1. The second kappa shape index (κ2) is 8.31. The maximum Gasteiger partial charge on any atom is 0.310 e. The highest BCUT2D eigenvalue weighted by Crippen LogP contribution is 2.36. The number of carbonyl (C=O) groups is 1. The summed E-state index contributed by atoms with van der Waals surface area (Å²) in [7, 11) is -4.00. The number of aromatic nitrogens is 1. The predicted octanol–water partition coefficient (Wildman–Crippen LogP) is 6.54. The summed E-state index contributed by atoms with van der Waals surface area (Å²) in [6.45, 7) is 1.57. The highest BCUT2D eigenvalue weighted by molar-refractivity contribution is 7.90. The van der Waals surface area contributed by atoms with E-state index in [-0.39, 0.29) is 4.90 Å². The first kappa shape index (κ1) is 22.2. The minimum absolute atomic E-state index is 0.137. The second-order valence-corrected chi connectivity index (χ2v) is 10.4. The fourth-order valence-electron chi connectivity index (χ4n) is 4.20. The van der Waals surface area contributed by atoms with E-state index >= 15 is 0 Å². The van der Waals surface area contributed by atoms with Crippen LogP contribution in [0.4, 0.5) is 0 Å². The summed E-state index contributed by atoms with van der Waals surface area (Å²) >= 11 is 6.22. The van der Waals surface area contributed by atoms with Crippen molar-refractivity contribution in [3.63, 3.8) is 0 Å². The number of carboxylic acids is 1. The van der Waals surface area contributed by atoms with Crippen LogP contribution in [-0.4, -0.2) is 23.5 Å². The van der Waals surface area contributed by atoms with Gasteiger partial charge in [-0.1, -0.05) is 66.2 Å². The Bertz CT molecular complexity index is 1660. The van der Waals surface area contributed by atoms with Gasteiger partial charge in [-0.25, -0.2) is 12.4 Å². The van der Waals surface area contributed by atoms with E-state index in [0.717, 1.165) is 11.1 Å². The Hall–Kier alpha value is -3.61. The zero-order valence-corrected chi connectivity index (χ0v) is 19.7. The van der Waals surface area contributed by atoms with Crippen LogP contribution in [0.25, 0.3) is 32.9 Å². The van der Waals surface area contributed by atoms with E-state index in [1.165, 1.54) is 3.97 Å². The molecule has 0 fully saturated rings. The van der Waals surface area contributed by atoms with E-state index in [9.17, 15) is 18.3 Å². The van der Waals surface area contributed by atoms with Crippen molar-refractivity contribution in [1.82, 2.24) is 3.97 Å². The van der Waals surface area contributed by atoms with Crippen molar-refractivity contribution in [2.45, 2.75) is 17.7 Å². The Morgan fingerprint density at radius 1 is 0.824 bits per heavy atom. The lowest BCUT2D eigenvalue weighted by molar-refractivity contribution is -0.138. The maximum absolute atomic E-state index is 13.9. The van der Waals surface area contributed by atoms with Gasteiger partial charge in [0, 0.05) is 15.8 Å². The maximum atomic E-state index is 13.9. The molecule has 0 bridgehead atoms. The van der Waals surface area contributed by atoms with Crippen LogP contribution < -0.4 is 0 Å². The first-order valence-electron chi connectivity index (χ1n) is 10.6. The minimum atomic E-state index is -4.00. The van der Waals surface area contributed by atoms with Crippen molar-refractivity contribution < 1.29 is 18.3 Å². The van der Waals surface area contributed by atoms with Crippen molar-refractivity contribution in [2.24, 2.45) is 0 Å². The molecule has 0 amide bonds. The molecule has 1 N–H and O–H groups in total. The van der Waals surface area contributed by atoms with Gasteiger partial charge in [0.15, 0.2) is 0 Å². The average molecular weight is 490 g/mol. The molecule has 0 radical (unpaired) electrons. The molecule has 0 spiro atoms. The normalized spacial score (nSPS) is 12.8. The van der Waals surface area contributed by atoms with Crippen molar-refractivity contribution >= 4 is 49.4 Å². The lowest BCUT2D eigenvalue weighted by atomic mass is 10.00. The van der Waals surface area contributed by atoms with Gasteiger partial charge in [0.1, 0.15) is 0 Å². The number of benzene rings is 4. The van der Waals surface area contributed by atoms with Crippen LogP contribution in [0, 0.1) is 0 Å². The molecule has 34 heavy (non-hydrogen) atoms. The number of carboxylic acid groups (broad SMARTS) is 1. The number of aliphatic carboxylic acids is 1. The summed E-state index contributed by atoms with van der Waals surface area (Å²) in [6, 6.07) is 26.6. The minimum Gasteiger partial charge on any atom is -0.481 e. The van der Waals surface area contributed by atoms with Crippen molar-refractivity contribution in [3.05, 3.63) is 102 Å². The van der Waals surface area contributed by atoms with E-state index in [1.807, 2.05) is 30.3 Å². The molecule has 5 rings (SSSR count). The van der Waals surface area contributed by atoms with Gasteiger partial charge in [-0.2, -0.15) is 0 Å². The average Bonchev–Trinajstić information content (AvgIpc) is 3.17. The summed E-state index contributed by atoms with van der Waals surface area (Å²) in [5.74, 6) is -1.77. The molecular weight excluding hydrogens is 470 g/mol. The molecular formula is C27H20ClNO4S. The van der Waals surface area contributed by atoms with Crippen LogP contribution in [-0.2, 0) is 14.8 Å². The topological polar surface area (TPSA) is 76.4 Å². The Kier molecular flexibility index (Phi) is 5.42. The summed E-state index contributed by atoms with van der Waals surface area (Å²) < 4.78 is 29.0. The molecule has 170 valence electrons. The predicted molar refractivity (Wildman–Crippen MR) is 135 cm³/mol. The van der Waals surface area contributed by atoms with E-state index < -0.39 is 21.9 Å². The fraction of sp³-hybridized carbons (Fsp3) is 0.0741. The van der Waals surface area contributed by atoms with Crippen LogP contribution in [0.15, 0.2) is 95.9 Å². The Morgan fingerprint density at radius 3 is 2.18 bits per heavy atom. The van der Waals surface area contributed by atoms with Crippen molar-refractivity contribution in [2.75, 3.05) is 0 Å². The zero-order valence-electron chi connectivity index (χ0n) is 18.1. The molecule has 0 aliphatic rings. The molecule has 0 aliphatic carbocycles. The third kappa shape index (κ3) is 3.65. The van der Waals surface area contributed by atoms with Crippen LogP contribution in [0.2, 0.25) is 5.02 Å². The van der Waals surface area contributed by atoms with E-state index in [1.54, 1.807) is 67.6 Å². The summed E-state index contributed by atoms with van der Waals surface area (Å²) in [6.07, 6.45) is 0. The molecule has 0 saturated heterocycles. The van der Waals surface area contributed by atoms with E-state index in [2.05, 4.69) is 0 Å². The number of fused-ring (bicyclic) bond motifs is 3. The standard InChI is InChI=1S/C27H20ClNO4S/c1-17(27(30)31)20-9-13-23-24-16-21(28)10-14-25(24)29(26(23)15-20)34(32,33)22-11-7-19(8-12-22)18-5-3-2-4-6-18/h2-17H,1H3,(H,30,31). The molecule has 4 aromatic carbocycles. The lowest BCUT2D eigenvalue weighted by Crippen LogP contribution is -2.13. The molecule has 1 aromatic heterocycles. The molecule has 5 aromatic rings. The van der Waals surface area contributed by atoms with Crippen LogP contribution in [0.3, 0.4) is 0 Å². The van der Waals surface area contributed by atoms with Gasteiger partial charge in [0.05, 0.1) is 21.8 Å². The SMILES string of the molecule is CC(C(=O)O)c1ccc2c3cc(Cl)ccc3n(S(=O)(=O)c3ccc(-c4ccccc4)cc3)c2c1. The van der Waals surface area contributed by atoms with Gasteiger partial charge >= 0.3 is 5.97 Å². The summed E-state index contributed by atoms with van der Waals surface area (Å²) in [5.41, 5.74) is 3.31. The van der Waals surface area contributed by atoms with Crippen molar-refractivity contribution in [1.29, 1.82) is 0 Å². The third-order valence-corrected chi connectivity index (χ3v) is 8.06. The van der Waals surface area contributed by atoms with Gasteiger partial charge in [0.2, 0.25) is 0 Å². The number of hydrogen-bond acceptors (Lipinski definition) is 3. The zero-order chi connectivity index (χ0) is 24.0. The van der Waals surface area contributed by atoms with Crippen LogP contribution in [0.1, 0.15) is 18.4 Å². The highest BCUT2D eigenvalue weighted by atomic mass is 35.5. The summed E-state index contributed by atoms with van der Waals surface area (Å²) in [4.78, 5) is 11.7. The second-order valence-electron chi connectivity index (χ2n) is 8.16. The van der Waals surface area contributed by atoms with Gasteiger partial charge < -0.3 is 5.11 Å². The lowest BCUT2D eigenvalue weighted by Gasteiger charge is -2.12. The van der Waals surface area contributed by atoms with E-state index in [0.29, 0.717) is 32.4 Å². The molecule has 1 atom stereocenters. The first-order chi connectivity index (χ1) is 16.3. The molecule has 7 heteroatoms. The number of halogens is 1. The molecule has 5 nitrogen and oxygen atoms in total. The monoisotopic (exact) mass is 489 g/mol. The Balaban J connectivity index is 1.73. The largest absolute Gasteiger partial charge is 0.481 e.